The minimum absolute atomic E-state index is 0.0160. The molecule has 3 aliphatic rings. The fourth-order valence-corrected chi connectivity index (χ4v) is 5.90. The Balaban J connectivity index is 1.73. The van der Waals surface area contributed by atoms with Gasteiger partial charge in [-0.15, -0.1) is 0 Å². The molecule has 2 heterocycles. The quantitative estimate of drug-likeness (QED) is 0.0743. The Morgan fingerprint density at radius 2 is 1.80 bits per heavy atom. The first-order valence-corrected chi connectivity index (χ1v) is 15.6. The molecule has 1 amide bonds. The highest BCUT2D eigenvalue weighted by Gasteiger charge is 2.52. The van der Waals surface area contributed by atoms with Crippen LogP contribution >= 0.6 is 0 Å². The first-order chi connectivity index (χ1) is 21.3. The van der Waals surface area contributed by atoms with E-state index in [0.29, 0.717) is 44.7 Å². The zero-order valence-electron chi connectivity index (χ0n) is 26.2. The molecule has 1 saturated carbocycles. The molecule has 262 valence electrons. The number of amides is 1. The number of carbonyl (C=O) groups is 1. The average molecular weight is 650 g/mol. The van der Waals surface area contributed by atoms with Gasteiger partial charge in [0.15, 0.2) is 6.29 Å². The maximum atomic E-state index is 12.7. The lowest BCUT2D eigenvalue weighted by molar-refractivity contribution is -0.304. The molecule has 17 nitrogen and oxygen atoms in total. The second-order valence-corrected chi connectivity index (χ2v) is 12.4. The maximum absolute atomic E-state index is 12.7. The highest BCUT2D eigenvalue weighted by Crippen LogP contribution is 2.32. The summed E-state index contributed by atoms with van der Waals surface area (Å²) in [5, 5.41) is 62.1. The monoisotopic (exact) mass is 649 g/mol. The summed E-state index contributed by atoms with van der Waals surface area (Å²) < 4.78 is 23.9. The highest BCUT2D eigenvalue weighted by atomic mass is 16.7. The van der Waals surface area contributed by atoms with Crippen LogP contribution in [0, 0.1) is 0 Å². The van der Waals surface area contributed by atoms with E-state index in [0.717, 1.165) is 0 Å². The fourth-order valence-electron chi connectivity index (χ4n) is 5.90. The highest BCUT2D eigenvalue weighted by molar-refractivity contribution is 5.80. The van der Waals surface area contributed by atoms with Crippen LogP contribution in [-0.2, 0) is 23.7 Å². The number of likely N-dealkylation sites (N-methyl/N-ethyl adjacent to an activating group) is 1. The van der Waals surface area contributed by atoms with E-state index in [-0.39, 0.29) is 26.0 Å². The van der Waals surface area contributed by atoms with E-state index in [2.05, 4.69) is 16.0 Å². The van der Waals surface area contributed by atoms with Crippen molar-refractivity contribution in [3.63, 3.8) is 0 Å². The number of hydrogen-bond donors (Lipinski definition) is 12. The third kappa shape index (κ3) is 10.2. The lowest BCUT2D eigenvalue weighted by atomic mass is 9.83. The summed E-state index contributed by atoms with van der Waals surface area (Å²) in [5.74, 6) is -0.186. The van der Waals surface area contributed by atoms with Crippen LogP contribution in [0.15, 0.2) is 11.8 Å². The van der Waals surface area contributed by atoms with E-state index >= 15 is 0 Å². The SMILES string of the molecule is CN[C@@H]1[C@@H](O)[C@@H](O[C@@H]2[C@@H](O)[C@H](O[C@H]3OC(CNCC(O)CCCN)=CC[C@H]3N)[C@@H](N)C[C@H]2NC(=O)[C@@H](O)CCN)OC[C@]1(C)O. The molecule has 45 heavy (non-hydrogen) atoms. The number of aliphatic hydroxyl groups excluding tert-OH is 4. The molecule has 3 rings (SSSR count). The summed E-state index contributed by atoms with van der Waals surface area (Å²) in [5.41, 5.74) is 22.3. The molecular weight excluding hydrogens is 594 g/mol. The van der Waals surface area contributed by atoms with Crippen LogP contribution < -0.4 is 38.9 Å². The maximum Gasteiger partial charge on any atom is 0.249 e. The first kappa shape index (κ1) is 37.9. The molecule has 1 saturated heterocycles. The van der Waals surface area contributed by atoms with Crippen molar-refractivity contribution in [3.8, 4) is 0 Å². The number of nitrogens with one attached hydrogen (secondary N) is 3. The standard InChI is InChI=1S/C28H55N7O10/c1-28(41)13-42-27(21(39)24(28)33-2)45-23-18(35-25(40)19(37)7-9-30)10-17(32)22(20(23)38)44-26-16(31)6-5-15(43-26)12-34-11-14(36)4-3-8-29/h5,14,16-24,26-27,33-34,36-39,41H,3-4,6-13,29-32H2,1-2H3,(H,35,40)/t14?,16-,17+,18-,19+,20+,21-,22-,23+,24-,26-,27-,28+/m1/s1. The number of aliphatic hydroxyl groups is 5. The molecular formula is C28H55N7O10. The zero-order valence-corrected chi connectivity index (χ0v) is 26.2. The van der Waals surface area contributed by atoms with Crippen molar-refractivity contribution in [2.75, 3.05) is 39.8 Å². The Kier molecular flexibility index (Phi) is 14.8. The molecule has 16 N–H and O–H groups in total. The van der Waals surface area contributed by atoms with Crippen molar-refractivity contribution in [3.05, 3.63) is 11.8 Å². The topological polar surface area (TPSA) is 295 Å². The number of carbonyl (C=O) groups excluding carboxylic acids is 1. The number of hydrogen-bond acceptors (Lipinski definition) is 16. The molecule has 1 unspecified atom stereocenters. The van der Waals surface area contributed by atoms with E-state index in [9.17, 15) is 30.3 Å². The Bertz CT molecular complexity index is 949. The lowest BCUT2D eigenvalue weighted by Crippen LogP contribution is -2.69. The van der Waals surface area contributed by atoms with Gasteiger partial charge < -0.3 is 83.4 Å². The Morgan fingerprint density at radius 1 is 1.09 bits per heavy atom. The van der Waals surface area contributed by atoms with Crippen LogP contribution in [0.1, 0.15) is 39.0 Å². The smallest absolute Gasteiger partial charge is 0.249 e. The van der Waals surface area contributed by atoms with E-state index in [1.54, 1.807) is 7.05 Å². The molecule has 0 bridgehead atoms. The molecule has 1 aliphatic carbocycles. The normalized spacial score (nSPS) is 38.6. The number of nitrogens with two attached hydrogens (primary N) is 4. The Labute approximate surface area is 263 Å². The molecule has 0 aromatic heterocycles. The third-order valence-corrected chi connectivity index (χ3v) is 8.47. The van der Waals surface area contributed by atoms with Crippen LogP contribution in [0.4, 0.5) is 0 Å². The van der Waals surface area contributed by atoms with Crippen molar-refractivity contribution in [2.45, 2.75) is 118 Å². The van der Waals surface area contributed by atoms with E-state index < -0.39 is 84.9 Å². The van der Waals surface area contributed by atoms with Gasteiger partial charge in [0, 0.05) is 12.6 Å². The summed E-state index contributed by atoms with van der Waals surface area (Å²) in [6.07, 6.45) is -5.79. The van der Waals surface area contributed by atoms with Crippen molar-refractivity contribution < 1.29 is 49.3 Å². The van der Waals surface area contributed by atoms with Gasteiger partial charge >= 0.3 is 0 Å². The molecule has 0 radical (unpaired) electrons. The van der Waals surface area contributed by atoms with Crippen LogP contribution in [0.3, 0.4) is 0 Å². The van der Waals surface area contributed by atoms with Gasteiger partial charge in [0.25, 0.3) is 0 Å². The molecule has 2 fully saturated rings. The molecule has 2 aliphatic heterocycles. The van der Waals surface area contributed by atoms with Gasteiger partial charge in [0.2, 0.25) is 12.2 Å². The zero-order chi connectivity index (χ0) is 33.3. The summed E-state index contributed by atoms with van der Waals surface area (Å²) in [6.45, 7) is 2.54. The second-order valence-electron chi connectivity index (χ2n) is 12.4. The van der Waals surface area contributed by atoms with E-state index in [1.807, 2.05) is 6.08 Å². The van der Waals surface area contributed by atoms with Gasteiger partial charge in [0.05, 0.1) is 37.4 Å². The van der Waals surface area contributed by atoms with Crippen LogP contribution in [0.25, 0.3) is 0 Å². The molecule has 0 spiro atoms. The van der Waals surface area contributed by atoms with Gasteiger partial charge in [-0.05, 0) is 65.2 Å². The van der Waals surface area contributed by atoms with Gasteiger partial charge in [-0.3, -0.25) is 4.79 Å². The Morgan fingerprint density at radius 3 is 2.47 bits per heavy atom. The molecule has 17 heteroatoms. The summed E-state index contributed by atoms with van der Waals surface area (Å²) in [4.78, 5) is 12.7. The van der Waals surface area contributed by atoms with Crippen molar-refractivity contribution >= 4 is 5.91 Å². The minimum atomic E-state index is -1.47. The first-order valence-electron chi connectivity index (χ1n) is 15.6. The van der Waals surface area contributed by atoms with Crippen LogP contribution in [0.2, 0.25) is 0 Å². The van der Waals surface area contributed by atoms with Gasteiger partial charge in [-0.1, -0.05) is 0 Å². The second kappa shape index (κ2) is 17.6. The molecule has 0 aromatic rings. The third-order valence-electron chi connectivity index (χ3n) is 8.47. The van der Waals surface area contributed by atoms with Gasteiger partial charge in [-0.2, -0.15) is 0 Å². The minimum Gasteiger partial charge on any atom is -0.467 e. The van der Waals surface area contributed by atoms with Gasteiger partial charge in [0.1, 0.15) is 41.9 Å². The van der Waals surface area contributed by atoms with E-state index in [1.165, 1.54) is 6.92 Å². The largest absolute Gasteiger partial charge is 0.467 e. The number of rotatable bonds is 16. The van der Waals surface area contributed by atoms with Gasteiger partial charge in [-0.25, -0.2) is 0 Å². The molecule has 0 aromatic carbocycles. The van der Waals surface area contributed by atoms with Crippen molar-refractivity contribution in [2.24, 2.45) is 22.9 Å². The summed E-state index contributed by atoms with van der Waals surface area (Å²) in [7, 11) is 1.57. The average Bonchev–Trinajstić information content (AvgIpc) is 2.98. The lowest BCUT2D eigenvalue weighted by Gasteiger charge is -2.48. The van der Waals surface area contributed by atoms with Crippen LogP contribution in [0.5, 0.6) is 0 Å². The molecule has 13 atom stereocenters. The predicted molar refractivity (Wildman–Crippen MR) is 162 cm³/mol. The summed E-state index contributed by atoms with van der Waals surface area (Å²) >= 11 is 0. The number of ether oxygens (including phenoxy) is 4. The van der Waals surface area contributed by atoms with Crippen molar-refractivity contribution in [1.82, 2.24) is 16.0 Å². The Hall–Kier alpha value is -1.55. The predicted octanol–water partition coefficient (Wildman–Crippen LogP) is -5.25. The van der Waals surface area contributed by atoms with E-state index in [4.69, 9.17) is 41.9 Å². The fraction of sp³-hybridized carbons (Fsp3) is 0.893. The van der Waals surface area contributed by atoms with Crippen LogP contribution in [-0.4, -0.2) is 150 Å². The van der Waals surface area contributed by atoms with Crippen molar-refractivity contribution in [1.29, 1.82) is 0 Å². The summed E-state index contributed by atoms with van der Waals surface area (Å²) in [6, 6.07) is -3.18.